The number of hydrogen-bond acceptors (Lipinski definition) is 2. The minimum Gasteiger partial charge on any atom is -0.327 e. The molecule has 4 heteroatoms. The number of rotatable bonds is 3. The lowest BCUT2D eigenvalue weighted by Gasteiger charge is -2.37. The summed E-state index contributed by atoms with van der Waals surface area (Å²) in [6.45, 7) is 4.40. The Hall–Kier alpha value is -0.380. The van der Waals surface area contributed by atoms with Crippen molar-refractivity contribution in [2.75, 3.05) is 0 Å². The van der Waals surface area contributed by atoms with Crippen LogP contribution in [-0.4, -0.2) is 15.5 Å². The molecule has 0 saturated heterocycles. The Morgan fingerprint density at radius 3 is 2.63 bits per heavy atom. The van der Waals surface area contributed by atoms with Crippen molar-refractivity contribution in [3.05, 3.63) is 34.9 Å². The molecule has 5 unspecified atom stereocenters. The Morgan fingerprint density at radius 1 is 1.32 bits per heavy atom. The van der Waals surface area contributed by atoms with Gasteiger partial charge in [-0.3, -0.25) is 4.21 Å². The molecule has 0 aromatic heterocycles. The van der Waals surface area contributed by atoms with Crippen molar-refractivity contribution >= 4 is 22.4 Å². The van der Waals surface area contributed by atoms with Crippen molar-refractivity contribution in [3.8, 4) is 0 Å². The van der Waals surface area contributed by atoms with Crippen LogP contribution in [0.4, 0.5) is 0 Å². The summed E-state index contributed by atoms with van der Waals surface area (Å²) in [5.41, 5.74) is 7.19. The summed E-state index contributed by atoms with van der Waals surface area (Å²) in [6.07, 6.45) is 2.09. The third-order valence-corrected chi connectivity index (χ3v) is 6.38. The molecule has 0 aliphatic heterocycles. The number of benzene rings is 1. The molecule has 2 nitrogen and oxygen atoms in total. The highest BCUT2D eigenvalue weighted by atomic mass is 35.5. The van der Waals surface area contributed by atoms with Crippen LogP contribution >= 0.6 is 11.6 Å². The Kier molecular flexibility index (Phi) is 5.04. The first-order valence-corrected chi connectivity index (χ1v) is 8.61. The van der Waals surface area contributed by atoms with Crippen LogP contribution in [0.15, 0.2) is 24.3 Å². The van der Waals surface area contributed by atoms with E-state index in [2.05, 4.69) is 13.8 Å². The molecule has 2 rings (SSSR count). The third kappa shape index (κ3) is 3.59. The summed E-state index contributed by atoms with van der Waals surface area (Å²) in [7, 11) is -0.952. The third-order valence-electron chi connectivity index (χ3n) is 3.99. The van der Waals surface area contributed by atoms with Crippen molar-refractivity contribution in [2.45, 2.75) is 43.7 Å². The minimum absolute atomic E-state index is 0.0436. The molecule has 19 heavy (non-hydrogen) atoms. The average Bonchev–Trinajstić information content (AvgIpc) is 2.30. The van der Waals surface area contributed by atoms with Crippen molar-refractivity contribution in [1.29, 1.82) is 0 Å². The molecule has 0 spiro atoms. The van der Waals surface area contributed by atoms with Crippen LogP contribution in [0, 0.1) is 11.8 Å². The molecule has 2 N–H and O–H groups in total. The van der Waals surface area contributed by atoms with E-state index >= 15 is 0 Å². The lowest BCUT2D eigenvalue weighted by atomic mass is 9.80. The summed E-state index contributed by atoms with van der Waals surface area (Å²) in [4.78, 5) is 0. The summed E-state index contributed by atoms with van der Waals surface area (Å²) in [5.74, 6) is 1.57. The van der Waals surface area contributed by atoms with E-state index in [0.29, 0.717) is 22.6 Å². The van der Waals surface area contributed by atoms with Gasteiger partial charge in [-0.15, -0.1) is 0 Å². The van der Waals surface area contributed by atoms with Gasteiger partial charge in [-0.2, -0.15) is 0 Å². The Morgan fingerprint density at radius 2 is 2.00 bits per heavy atom. The fourth-order valence-electron chi connectivity index (χ4n) is 3.20. The second-order valence-electron chi connectivity index (χ2n) is 5.80. The highest BCUT2D eigenvalue weighted by molar-refractivity contribution is 7.84. The predicted octanol–water partition coefficient (Wildman–Crippen LogP) is 3.35. The maximum Gasteiger partial charge on any atom is 0.0528 e. The SMILES string of the molecule is CC1CC(C)C(S(=O)Cc2ccccc2Cl)C(N)C1. The largest absolute Gasteiger partial charge is 0.327 e. The van der Waals surface area contributed by atoms with Crippen LogP contribution in [0.5, 0.6) is 0 Å². The van der Waals surface area contributed by atoms with Gasteiger partial charge in [-0.1, -0.05) is 43.6 Å². The molecule has 1 aliphatic rings. The van der Waals surface area contributed by atoms with Crippen molar-refractivity contribution in [1.82, 2.24) is 0 Å². The topological polar surface area (TPSA) is 43.1 Å². The van der Waals surface area contributed by atoms with E-state index in [1.807, 2.05) is 24.3 Å². The van der Waals surface area contributed by atoms with Gasteiger partial charge in [0, 0.05) is 21.9 Å². The molecule has 1 aromatic carbocycles. The van der Waals surface area contributed by atoms with Gasteiger partial charge >= 0.3 is 0 Å². The first-order valence-electron chi connectivity index (χ1n) is 6.85. The maximum atomic E-state index is 12.6. The van der Waals surface area contributed by atoms with E-state index in [0.717, 1.165) is 18.4 Å². The zero-order chi connectivity index (χ0) is 14.0. The lowest BCUT2D eigenvalue weighted by Crippen LogP contribution is -2.47. The van der Waals surface area contributed by atoms with E-state index in [4.69, 9.17) is 17.3 Å². The molecule has 0 radical (unpaired) electrons. The second-order valence-corrected chi connectivity index (χ2v) is 7.80. The molecule has 0 heterocycles. The summed E-state index contributed by atoms with van der Waals surface area (Å²) < 4.78 is 12.6. The van der Waals surface area contributed by atoms with Crippen molar-refractivity contribution in [2.24, 2.45) is 17.6 Å². The van der Waals surface area contributed by atoms with Crippen LogP contribution < -0.4 is 5.73 Å². The molecule has 0 amide bonds. The van der Waals surface area contributed by atoms with Gasteiger partial charge in [0.25, 0.3) is 0 Å². The number of halogens is 1. The monoisotopic (exact) mass is 299 g/mol. The van der Waals surface area contributed by atoms with Gasteiger partial charge in [-0.05, 0) is 36.3 Å². The van der Waals surface area contributed by atoms with Gasteiger partial charge in [0.2, 0.25) is 0 Å². The molecular formula is C15H22ClNOS. The second kappa shape index (κ2) is 6.38. The Balaban J connectivity index is 2.09. The fraction of sp³-hybridized carbons (Fsp3) is 0.600. The molecule has 0 bridgehead atoms. The highest BCUT2D eigenvalue weighted by Crippen LogP contribution is 2.32. The molecule has 5 atom stereocenters. The van der Waals surface area contributed by atoms with E-state index < -0.39 is 10.8 Å². The normalized spacial score (nSPS) is 33.1. The van der Waals surface area contributed by atoms with E-state index in [1.165, 1.54) is 0 Å². The number of hydrogen-bond donors (Lipinski definition) is 1. The molecular weight excluding hydrogens is 278 g/mol. The Bertz CT molecular complexity index is 453. The van der Waals surface area contributed by atoms with E-state index in [1.54, 1.807) is 0 Å². The summed E-state index contributed by atoms with van der Waals surface area (Å²) >= 11 is 6.14. The average molecular weight is 300 g/mol. The zero-order valence-corrected chi connectivity index (χ0v) is 13.1. The van der Waals surface area contributed by atoms with Crippen LogP contribution in [0.1, 0.15) is 32.3 Å². The molecule has 1 fully saturated rings. The van der Waals surface area contributed by atoms with Crippen molar-refractivity contribution < 1.29 is 4.21 Å². The van der Waals surface area contributed by atoms with Crippen LogP contribution in [0.2, 0.25) is 5.02 Å². The predicted molar refractivity (Wildman–Crippen MR) is 82.6 cm³/mol. The first kappa shape index (κ1) is 15.0. The van der Waals surface area contributed by atoms with Gasteiger partial charge < -0.3 is 5.73 Å². The van der Waals surface area contributed by atoms with Crippen LogP contribution in [0.25, 0.3) is 0 Å². The molecule has 106 valence electrons. The zero-order valence-electron chi connectivity index (χ0n) is 11.5. The van der Waals surface area contributed by atoms with E-state index in [9.17, 15) is 4.21 Å². The highest BCUT2D eigenvalue weighted by Gasteiger charge is 2.35. The smallest absolute Gasteiger partial charge is 0.0528 e. The van der Waals surface area contributed by atoms with Gasteiger partial charge in [0.05, 0.1) is 11.0 Å². The maximum absolute atomic E-state index is 12.6. The lowest BCUT2D eigenvalue weighted by molar-refractivity contribution is 0.275. The standard InChI is InChI=1S/C15H22ClNOS/c1-10-7-11(2)15(14(17)8-10)19(18)9-12-5-3-4-6-13(12)16/h3-6,10-11,14-15H,7-9,17H2,1-2H3. The van der Waals surface area contributed by atoms with Gasteiger partial charge in [0.1, 0.15) is 0 Å². The minimum atomic E-state index is -0.952. The first-order chi connectivity index (χ1) is 8.99. The molecule has 1 saturated carbocycles. The summed E-state index contributed by atoms with van der Waals surface area (Å²) in [5, 5.41) is 0.786. The van der Waals surface area contributed by atoms with Gasteiger partial charge in [0.15, 0.2) is 0 Å². The summed E-state index contributed by atoms with van der Waals surface area (Å²) in [6, 6.07) is 7.67. The van der Waals surface area contributed by atoms with Crippen molar-refractivity contribution in [3.63, 3.8) is 0 Å². The van der Waals surface area contributed by atoms with E-state index in [-0.39, 0.29) is 11.3 Å². The van der Waals surface area contributed by atoms with Crippen LogP contribution in [-0.2, 0) is 16.6 Å². The Labute approximate surface area is 123 Å². The molecule has 1 aromatic rings. The fourth-order valence-corrected chi connectivity index (χ4v) is 5.37. The molecule has 1 aliphatic carbocycles. The van der Waals surface area contributed by atoms with Crippen LogP contribution in [0.3, 0.4) is 0 Å². The number of nitrogens with two attached hydrogens (primary N) is 1. The van der Waals surface area contributed by atoms with Gasteiger partial charge in [-0.25, -0.2) is 0 Å². The quantitative estimate of drug-likeness (QED) is 0.930.